The van der Waals surface area contributed by atoms with Crippen molar-refractivity contribution in [1.29, 1.82) is 0 Å². The first kappa shape index (κ1) is 18.4. The summed E-state index contributed by atoms with van der Waals surface area (Å²) in [5.74, 6) is 1.81. The van der Waals surface area contributed by atoms with Crippen LogP contribution < -0.4 is 10.1 Å². The van der Waals surface area contributed by atoms with E-state index >= 15 is 0 Å². The zero-order chi connectivity index (χ0) is 18.7. The van der Waals surface area contributed by atoms with E-state index in [4.69, 9.17) is 9.26 Å². The average molecular weight is 359 g/mol. The van der Waals surface area contributed by atoms with Crippen LogP contribution in [-0.4, -0.2) is 40.4 Å². The Labute approximate surface area is 152 Å². The minimum atomic E-state index is -0.491. The molecular weight excluding hydrogens is 334 g/mol. The number of rotatable bonds is 6. The van der Waals surface area contributed by atoms with E-state index in [1.54, 1.807) is 13.0 Å². The lowest BCUT2D eigenvalue weighted by atomic mass is 10.0. The molecular formula is C19H25N3O4. The minimum Gasteiger partial charge on any atom is -0.494 e. The number of carbonyl (C=O) groups is 1. The molecule has 2 aromatic rings. The van der Waals surface area contributed by atoms with E-state index < -0.39 is 6.10 Å². The predicted octanol–water partition coefficient (Wildman–Crippen LogP) is 2.37. The van der Waals surface area contributed by atoms with Gasteiger partial charge in [-0.15, -0.1) is 0 Å². The average Bonchev–Trinajstić information content (AvgIpc) is 3.20. The molecule has 26 heavy (non-hydrogen) atoms. The van der Waals surface area contributed by atoms with Crippen LogP contribution in [0, 0.1) is 19.8 Å². The molecule has 0 aliphatic heterocycles. The van der Waals surface area contributed by atoms with Gasteiger partial charge in [-0.3, -0.25) is 4.79 Å². The molecule has 0 bridgehead atoms. The lowest BCUT2D eigenvalue weighted by Gasteiger charge is -2.15. The molecule has 7 nitrogen and oxygen atoms in total. The number of benzene rings is 1. The van der Waals surface area contributed by atoms with Crippen LogP contribution in [0.2, 0.25) is 0 Å². The van der Waals surface area contributed by atoms with Crippen LogP contribution in [0.25, 0.3) is 0 Å². The maximum Gasteiger partial charge on any atom is 0.251 e. The van der Waals surface area contributed by atoms with Crippen molar-refractivity contribution in [3.63, 3.8) is 0 Å². The van der Waals surface area contributed by atoms with Crippen LogP contribution in [0.4, 0.5) is 0 Å². The molecule has 140 valence electrons. The molecule has 1 aromatic heterocycles. The van der Waals surface area contributed by atoms with Gasteiger partial charge in [0.25, 0.3) is 5.91 Å². The van der Waals surface area contributed by atoms with Crippen LogP contribution >= 0.6 is 0 Å². The van der Waals surface area contributed by atoms with Crippen molar-refractivity contribution in [1.82, 2.24) is 15.5 Å². The number of nitrogens with one attached hydrogen (secondary N) is 1. The van der Waals surface area contributed by atoms with Gasteiger partial charge in [-0.05, 0) is 57.4 Å². The highest BCUT2D eigenvalue weighted by Gasteiger charge is 2.36. The smallest absolute Gasteiger partial charge is 0.251 e. The topological polar surface area (TPSA) is 97.5 Å². The van der Waals surface area contributed by atoms with Gasteiger partial charge >= 0.3 is 0 Å². The highest BCUT2D eigenvalue weighted by atomic mass is 16.5. The second-order valence-corrected chi connectivity index (χ2v) is 6.80. The molecule has 7 heteroatoms. The van der Waals surface area contributed by atoms with Gasteiger partial charge in [0, 0.05) is 23.9 Å². The standard InChI is InChI=1S/C19H25N3O4/c1-4-25-17-6-5-13(7-11(17)2)18(24)20-10-15-8-14(9-16(15)23)19-21-12(3)22-26-19/h5-7,14-16,23H,4,8-10H2,1-3H3,(H,20,24)/t14-,15+,16+/m0/s1. The Morgan fingerprint density at radius 1 is 1.38 bits per heavy atom. The Morgan fingerprint density at radius 3 is 2.85 bits per heavy atom. The van der Waals surface area contributed by atoms with E-state index in [1.807, 2.05) is 26.0 Å². The summed E-state index contributed by atoms with van der Waals surface area (Å²) < 4.78 is 10.7. The number of carbonyl (C=O) groups excluding carboxylic acids is 1. The summed E-state index contributed by atoms with van der Waals surface area (Å²) >= 11 is 0. The normalized spacial score (nSPS) is 22.4. The van der Waals surface area contributed by atoms with Crippen molar-refractivity contribution >= 4 is 5.91 Å². The first-order chi connectivity index (χ1) is 12.5. The van der Waals surface area contributed by atoms with Crippen LogP contribution in [0.5, 0.6) is 5.75 Å². The predicted molar refractivity (Wildman–Crippen MR) is 95.2 cm³/mol. The molecule has 3 atom stereocenters. The molecule has 0 radical (unpaired) electrons. The molecule has 1 aromatic carbocycles. The fourth-order valence-corrected chi connectivity index (χ4v) is 3.44. The summed E-state index contributed by atoms with van der Waals surface area (Å²) in [6.45, 7) is 6.62. The van der Waals surface area contributed by atoms with Crippen molar-refractivity contribution in [2.45, 2.75) is 45.6 Å². The number of hydrogen-bond acceptors (Lipinski definition) is 6. The summed E-state index contributed by atoms with van der Waals surface area (Å²) in [5, 5.41) is 17.0. The van der Waals surface area contributed by atoms with E-state index in [0.29, 0.717) is 43.3 Å². The van der Waals surface area contributed by atoms with Gasteiger partial charge in [0.05, 0.1) is 12.7 Å². The largest absolute Gasteiger partial charge is 0.494 e. The molecule has 0 saturated heterocycles. The fraction of sp³-hybridized carbons (Fsp3) is 0.526. The first-order valence-corrected chi connectivity index (χ1v) is 8.97. The number of ether oxygens (including phenoxy) is 1. The highest BCUT2D eigenvalue weighted by molar-refractivity contribution is 5.94. The second-order valence-electron chi connectivity index (χ2n) is 6.80. The molecule has 3 rings (SSSR count). The molecule has 1 fully saturated rings. The number of aliphatic hydroxyl groups is 1. The van der Waals surface area contributed by atoms with Gasteiger partial charge in [-0.1, -0.05) is 5.16 Å². The van der Waals surface area contributed by atoms with Crippen molar-refractivity contribution in [2.24, 2.45) is 5.92 Å². The van der Waals surface area contributed by atoms with E-state index in [2.05, 4.69) is 15.5 Å². The fourth-order valence-electron chi connectivity index (χ4n) is 3.44. The van der Waals surface area contributed by atoms with E-state index in [9.17, 15) is 9.90 Å². The number of nitrogens with zero attached hydrogens (tertiary/aromatic N) is 2. The van der Waals surface area contributed by atoms with Gasteiger partial charge in [-0.2, -0.15) is 4.98 Å². The zero-order valence-corrected chi connectivity index (χ0v) is 15.4. The molecule has 1 saturated carbocycles. The SMILES string of the molecule is CCOc1ccc(C(=O)NC[C@H]2C[C@H](c3nc(C)no3)C[C@H]2O)cc1C. The Morgan fingerprint density at radius 2 is 2.19 bits per heavy atom. The van der Waals surface area contributed by atoms with Crippen molar-refractivity contribution in [2.75, 3.05) is 13.2 Å². The Hall–Kier alpha value is -2.41. The van der Waals surface area contributed by atoms with Crippen LogP contribution in [0.15, 0.2) is 22.7 Å². The molecule has 2 N–H and O–H groups in total. The number of hydrogen-bond donors (Lipinski definition) is 2. The number of amides is 1. The highest BCUT2D eigenvalue weighted by Crippen LogP contribution is 2.37. The number of aliphatic hydroxyl groups excluding tert-OH is 1. The molecule has 1 heterocycles. The maximum absolute atomic E-state index is 12.4. The molecule has 1 amide bonds. The summed E-state index contributed by atoms with van der Waals surface area (Å²) in [7, 11) is 0. The molecule has 0 spiro atoms. The lowest BCUT2D eigenvalue weighted by molar-refractivity contribution is 0.0916. The zero-order valence-electron chi connectivity index (χ0n) is 15.4. The third kappa shape index (κ3) is 4.04. The van der Waals surface area contributed by atoms with Gasteiger partial charge in [0.15, 0.2) is 5.82 Å². The summed E-state index contributed by atoms with van der Waals surface area (Å²) in [6.07, 6.45) is 0.796. The van der Waals surface area contributed by atoms with Gasteiger partial charge in [0.2, 0.25) is 5.89 Å². The Bertz CT molecular complexity index is 774. The monoisotopic (exact) mass is 359 g/mol. The summed E-state index contributed by atoms with van der Waals surface area (Å²) in [6, 6.07) is 5.38. The van der Waals surface area contributed by atoms with E-state index in [-0.39, 0.29) is 17.7 Å². The van der Waals surface area contributed by atoms with Crippen LogP contribution in [-0.2, 0) is 0 Å². The third-order valence-corrected chi connectivity index (χ3v) is 4.81. The Kier molecular flexibility index (Phi) is 5.56. The third-order valence-electron chi connectivity index (χ3n) is 4.81. The van der Waals surface area contributed by atoms with Gasteiger partial charge in [-0.25, -0.2) is 0 Å². The maximum atomic E-state index is 12.4. The van der Waals surface area contributed by atoms with Crippen LogP contribution in [0.3, 0.4) is 0 Å². The van der Waals surface area contributed by atoms with Crippen molar-refractivity contribution in [3.8, 4) is 5.75 Å². The van der Waals surface area contributed by atoms with Gasteiger partial charge < -0.3 is 19.7 Å². The summed E-state index contributed by atoms with van der Waals surface area (Å²) in [4.78, 5) is 16.7. The van der Waals surface area contributed by atoms with Gasteiger partial charge in [0.1, 0.15) is 5.75 Å². The Balaban J connectivity index is 1.56. The number of aromatic nitrogens is 2. The first-order valence-electron chi connectivity index (χ1n) is 8.97. The van der Waals surface area contributed by atoms with Crippen molar-refractivity contribution < 1.29 is 19.2 Å². The molecule has 1 aliphatic carbocycles. The number of aryl methyl sites for hydroxylation is 2. The molecule has 1 aliphatic rings. The summed E-state index contributed by atoms with van der Waals surface area (Å²) in [5.41, 5.74) is 1.51. The van der Waals surface area contributed by atoms with Crippen LogP contribution in [0.1, 0.15) is 53.3 Å². The van der Waals surface area contributed by atoms with Crippen molar-refractivity contribution in [3.05, 3.63) is 41.0 Å². The molecule has 0 unspecified atom stereocenters. The lowest BCUT2D eigenvalue weighted by Crippen LogP contribution is -2.32. The quantitative estimate of drug-likeness (QED) is 0.822. The minimum absolute atomic E-state index is 0.0278. The second kappa shape index (κ2) is 7.86. The van der Waals surface area contributed by atoms with E-state index in [0.717, 1.165) is 11.3 Å². The van der Waals surface area contributed by atoms with E-state index in [1.165, 1.54) is 0 Å².